The standard InChI is InChI=1S/C27H35N3O2/c1-18-9-11-23-20(15-18)16-22(25-12-10-19(2)32-25)27(29-23)30-14-13-24(26(17-30)31-3)28-21-7-5-4-6-8-21/h9-12,15-16,21,24,26,28H,4-8,13-14,17H2,1-3H3. The second kappa shape index (κ2) is 9.24. The normalized spacial score (nSPS) is 22.5. The number of furan rings is 1. The average Bonchev–Trinajstić information content (AvgIpc) is 3.25. The van der Waals surface area contributed by atoms with Gasteiger partial charge >= 0.3 is 0 Å². The summed E-state index contributed by atoms with van der Waals surface area (Å²) in [5.41, 5.74) is 3.32. The molecule has 5 nitrogen and oxygen atoms in total. The van der Waals surface area contributed by atoms with Crippen molar-refractivity contribution in [2.45, 2.75) is 70.6 Å². The summed E-state index contributed by atoms with van der Waals surface area (Å²) >= 11 is 0. The van der Waals surface area contributed by atoms with Gasteiger partial charge in [-0.05, 0) is 63.4 Å². The summed E-state index contributed by atoms with van der Waals surface area (Å²) in [6, 6.07) is 13.8. The van der Waals surface area contributed by atoms with Crippen molar-refractivity contribution in [2.24, 2.45) is 0 Å². The number of hydrogen-bond acceptors (Lipinski definition) is 5. The molecule has 2 fully saturated rings. The first-order valence-electron chi connectivity index (χ1n) is 12.1. The number of fused-ring (bicyclic) bond motifs is 1. The second-order valence-corrected chi connectivity index (χ2v) is 9.58. The summed E-state index contributed by atoms with van der Waals surface area (Å²) < 4.78 is 12.0. The lowest BCUT2D eigenvalue weighted by molar-refractivity contribution is 0.0534. The van der Waals surface area contributed by atoms with Crippen molar-refractivity contribution in [2.75, 3.05) is 25.1 Å². The molecule has 5 rings (SSSR count). The molecule has 2 aliphatic rings. The minimum absolute atomic E-state index is 0.146. The molecule has 1 aliphatic carbocycles. The predicted molar refractivity (Wildman–Crippen MR) is 130 cm³/mol. The molecule has 2 unspecified atom stereocenters. The number of piperidine rings is 1. The van der Waals surface area contributed by atoms with E-state index in [9.17, 15) is 0 Å². The minimum atomic E-state index is 0.146. The number of ether oxygens (including phenoxy) is 1. The van der Waals surface area contributed by atoms with E-state index in [-0.39, 0.29) is 6.10 Å². The maximum atomic E-state index is 6.04. The molecule has 1 aromatic carbocycles. The minimum Gasteiger partial charge on any atom is -0.461 e. The first-order chi connectivity index (χ1) is 15.6. The number of rotatable bonds is 5. The van der Waals surface area contributed by atoms with Gasteiger partial charge in [-0.3, -0.25) is 0 Å². The van der Waals surface area contributed by atoms with Gasteiger partial charge in [0.2, 0.25) is 0 Å². The Bertz CT molecular complexity index is 1070. The van der Waals surface area contributed by atoms with Gasteiger partial charge in [-0.15, -0.1) is 0 Å². The van der Waals surface area contributed by atoms with Crippen LogP contribution in [-0.2, 0) is 4.74 Å². The Morgan fingerprint density at radius 1 is 1.03 bits per heavy atom. The number of anilines is 1. The molecule has 2 atom stereocenters. The first-order valence-corrected chi connectivity index (χ1v) is 12.1. The number of benzene rings is 1. The van der Waals surface area contributed by atoms with Crippen LogP contribution in [0.1, 0.15) is 49.8 Å². The molecule has 3 heterocycles. The maximum absolute atomic E-state index is 6.04. The van der Waals surface area contributed by atoms with Crippen LogP contribution in [-0.4, -0.2) is 43.4 Å². The Kier molecular flexibility index (Phi) is 6.20. The number of methoxy groups -OCH3 is 1. The molecular weight excluding hydrogens is 398 g/mol. The molecule has 0 amide bonds. The van der Waals surface area contributed by atoms with Crippen LogP contribution in [0.5, 0.6) is 0 Å². The van der Waals surface area contributed by atoms with Crippen LogP contribution in [0, 0.1) is 13.8 Å². The Labute approximate surface area is 191 Å². The van der Waals surface area contributed by atoms with E-state index in [2.05, 4.69) is 47.5 Å². The number of aromatic nitrogens is 1. The first kappa shape index (κ1) is 21.5. The highest BCUT2D eigenvalue weighted by atomic mass is 16.5. The summed E-state index contributed by atoms with van der Waals surface area (Å²) in [4.78, 5) is 7.51. The Morgan fingerprint density at radius 2 is 1.88 bits per heavy atom. The van der Waals surface area contributed by atoms with E-state index >= 15 is 0 Å². The Morgan fingerprint density at radius 3 is 2.62 bits per heavy atom. The molecule has 3 aromatic rings. The monoisotopic (exact) mass is 433 g/mol. The number of nitrogens with zero attached hydrogens (tertiary/aromatic N) is 2. The Hall–Kier alpha value is -2.37. The quantitative estimate of drug-likeness (QED) is 0.565. The summed E-state index contributed by atoms with van der Waals surface area (Å²) in [6.07, 6.45) is 7.87. The van der Waals surface area contributed by atoms with Crippen LogP contribution in [0.2, 0.25) is 0 Å². The topological polar surface area (TPSA) is 50.5 Å². The van der Waals surface area contributed by atoms with E-state index in [0.717, 1.165) is 53.3 Å². The predicted octanol–water partition coefficient (Wildman–Crippen LogP) is 5.63. The van der Waals surface area contributed by atoms with Crippen LogP contribution in [0.3, 0.4) is 0 Å². The summed E-state index contributed by atoms with van der Waals surface area (Å²) in [5, 5.41) is 5.07. The molecule has 2 aromatic heterocycles. The van der Waals surface area contributed by atoms with Crippen LogP contribution >= 0.6 is 0 Å². The van der Waals surface area contributed by atoms with Gasteiger partial charge in [-0.25, -0.2) is 4.98 Å². The van der Waals surface area contributed by atoms with E-state index in [0.29, 0.717) is 12.1 Å². The van der Waals surface area contributed by atoms with Gasteiger partial charge in [-0.1, -0.05) is 30.9 Å². The summed E-state index contributed by atoms with van der Waals surface area (Å²) in [6.45, 7) is 5.90. The number of pyridine rings is 1. The fourth-order valence-corrected chi connectivity index (χ4v) is 5.40. The molecule has 1 aliphatic heterocycles. The van der Waals surface area contributed by atoms with Crippen molar-refractivity contribution in [3.63, 3.8) is 0 Å². The van der Waals surface area contributed by atoms with Crippen molar-refractivity contribution >= 4 is 16.7 Å². The lowest BCUT2D eigenvalue weighted by Gasteiger charge is -2.41. The highest BCUT2D eigenvalue weighted by Gasteiger charge is 2.33. The SMILES string of the molecule is COC1CN(c2nc3ccc(C)cc3cc2-c2ccc(C)o2)CCC1NC1CCCCC1. The molecule has 0 spiro atoms. The van der Waals surface area contributed by atoms with Crippen molar-refractivity contribution in [1.82, 2.24) is 10.3 Å². The van der Waals surface area contributed by atoms with Gasteiger partial charge in [0.05, 0.1) is 17.2 Å². The van der Waals surface area contributed by atoms with Crippen molar-refractivity contribution < 1.29 is 9.15 Å². The van der Waals surface area contributed by atoms with Gasteiger partial charge in [0.1, 0.15) is 17.3 Å². The molecular formula is C27H35N3O2. The lowest BCUT2D eigenvalue weighted by Crippen LogP contribution is -2.56. The van der Waals surface area contributed by atoms with Crippen LogP contribution < -0.4 is 10.2 Å². The molecule has 5 heteroatoms. The van der Waals surface area contributed by atoms with Gasteiger partial charge < -0.3 is 19.4 Å². The van der Waals surface area contributed by atoms with Crippen molar-refractivity contribution in [1.29, 1.82) is 0 Å². The smallest absolute Gasteiger partial charge is 0.140 e. The van der Waals surface area contributed by atoms with Crippen LogP contribution in [0.4, 0.5) is 5.82 Å². The Balaban J connectivity index is 1.45. The zero-order valence-corrected chi connectivity index (χ0v) is 19.6. The molecule has 1 saturated carbocycles. The van der Waals surface area contributed by atoms with Crippen LogP contribution in [0.25, 0.3) is 22.2 Å². The van der Waals surface area contributed by atoms with Crippen molar-refractivity contribution in [3.8, 4) is 11.3 Å². The zero-order chi connectivity index (χ0) is 22.1. The third kappa shape index (κ3) is 4.41. The summed E-state index contributed by atoms with van der Waals surface area (Å²) in [7, 11) is 1.84. The second-order valence-electron chi connectivity index (χ2n) is 9.58. The van der Waals surface area contributed by atoms with E-state index in [1.54, 1.807) is 0 Å². The molecule has 0 bridgehead atoms. The van der Waals surface area contributed by atoms with E-state index < -0.39 is 0 Å². The fraction of sp³-hybridized carbons (Fsp3) is 0.519. The van der Waals surface area contributed by atoms with Crippen LogP contribution in [0.15, 0.2) is 40.8 Å². The molecule has 0 radical (unpaired) electrons. The van der Waals surface area contributed by atoms with Gasteiger partial charge in [0, 0.05) is 37.7 Å². The number of nitrogens with one attached hydrogen (secondary N) is 1. The van der Waals surface area contributed by atoms with Gasteiger partial charge in [0.25, 0.3) is 0 Å². The highest BCUT2D eigenvalue weighted by Crippen LogP contribution is 2.35. The zero-order valence-electron chi connectivity index (χ0n) is 19.6. The summed E-state index contributed by atoms with van der Waals surface area (Å²) in [5.74, 6) is 2.79. The number of hydrogen-bond donors (Lipinski definition) is 1. The van der Waals surface area contributed by atoms with Gasteiger partial charge in [-0.2, -0.15) is 0 Å². The van der Waals surface area contributed by atoms with Gasteiger partial charge in [0.15, 0.2) is 0 Å². The largest absolute Gasteiger partial charge is 0.461 e. The molecule has 32 heavy (non-hydrogen) atoms. The van der Waals surface area contributed by atoms with E-state index in [4.69, 9.17) is 14.1 Å². The van der Waals surface area contributed by atoms with E-state index in [1.165, 1.54) is 37.7 Å². The maximum Gasteiger partial charge on any atom is 0.140 e. The third-order valence-electron chi connectivity index (χ3n) is 7.17. The highest BCUT2D eigenvalue weighted by molar-refractivity contribution is 5.89. The fourth-order valence-electron chi connectivity index (χ4n) is 5.40. The number of aryl methyl sites for hydroxylation is 2. The average molecular weight is 434 g/mol. The molecule has 170 valence electrons. The lowest BCUT2D eigenvalue weighted by atomic mass is 9.92. The molecule has 1 saturated heterocycles. The van der Waals surface area contributed by atoms with Crippen molar-refractivity contribution in [3.05, 3.63) is 47.7 Å². The third-order valence-corrected chi connectivity index (χ3v) is 7.17. The van der Waals surface area contributed by atoms with E-state index in [1.807, 2.05) is 20.1 Å². The molecule has 1 N–H and O–H groups in total.